The average molecular weight is 497 g/mol. The number of nitrogens with zero attached hydrogens (tertiary/aromatic N) is 1. The highest BCUT2D eigenvalue weighted by molar-refractivity contribution is 6.30. The first-order valence-corrected chi connectivity index (χ1v) is 11.9. The lowest BCUT2D eigenvalue weighted by atomic mass is 10.0. The molecular formula is C28H30ClFN2O3. The van der Waals surface area contributed by atoms with Gasteiger partial charge in [-0.25, -0.2) is 4.39 Å². The molecule has 0 aliphatic rings. The maximum Gasteiger partial charge on any atom is 0.261 e. The van der Waals surface area contributed by atoms with Crippen LogP contribution in [-0.4, -0.2) is 35.9 Å². The molecule has 7 heteroatoms. The first kappa shape index (κ1) is 26.2. The maximum atomic E-state index is 14.1. The largest absolute Gasteiger partial charge is 0.481 e. The minimum Gasteiger partial charge on any atom is -0.481 e. The molecule has 0 fully saturated rings. The maximum absolute atomic E-state index is 14.1. The lowest BCUT2D eigenvalue weighted by molar-refractivity contribution is -0.142. The van der Waals surface area contributed by atoms with E-state index in [1.165, 1.54) is 17.0 Å². The lowest BCUT2D eigenvalue weighted by Gasteiger charge is -2.31. The van der Waals surface area contributed by atoms with E-state index in [1.807, 2.05) is 50.2 Å². The molecule has 3 aromatic carbocycles. The van der Waals surface area contributed by atoms with Crippen molar-refractivity contribution in [1.82, 2.24) is 10.2 Å². The van der Waals surface area contributed by atoms with Crippen molar-refractivity contribution in [2.24, 2.45) is 5.92 Å². The number of halogens is 2. The number of para-hydroxylation sites is 1. The van der Waals surface area contributed by atoms with Gasteiger partial charge in [0.05, 0.1) is 0 Å². The van der Waals surface area contributed by atoms with Gasteiger partial charge in [0.1, 0.15) is 6.04 Å². The predicted molar refractivity (Wildman–Crippen MR) is 136 cm³/mol. The van der Waals surface area contributed by atoms with Gasteiger partial charge in [-0.3, -0.25) is 9.59 Å². The van der Waals surface area contributed by atoms with Gasteiger partial charge < -0.3 is 15.0 Å². The van der Waals surface area contributed by atoms with Gasteiger partial charge in [0.25, 0.3) is 5.91 Å². The van der Waals surface area contributed by atoms with Gasteiger partial charge in [-0.05, 0) is 41.3 Å². The highest BCUT2D eigenvalue weighted by Gasteiger charge is 2.31. The van der Waals surface area contributed by atoms with Crippen molar-refractivity contribution in [1.29, 1.82) is 0 Å². The average Bonchev–Trinajstić information content (AvgIpc) is 2.84. The molecule has 2 amide bonds. The van der Waals surface area contributed by atoms with E-state index in [1.54, 1.807) is 30.3 Å². The number of ether oxygens (including phenoxy) is 1. The van der Waals surface area contributed by atoms with Crippen LogP contribution in [0.5, 0.6) is 5.75 Å². The SMILES string of the molecule is CC(C)CNC(=O)[C@H](Cc1ccccc1)N(Cc1cccc(Cl)c1)C(=O)COc1ccccc1F. The fourth-order valence-electron chi connectivity index (χ4n) is 3.59. The van der Waals surface area contributed by atoms with Crippen LogP contribution < -0.4 is 10.1 Å². The van der Waals surface area contributed by atoms with Crippen molar-refractivity contribution in [3.8, 4) is 5.75 Å². The van der Waals surface area contributed by atoms with E-state index in [9.17, 15) is 14.0 Å². The molecule has 184 valence electrons. The first-order chi connectivity index (χ1) is 16.8. The molecule has 0 aliphatic heterocycles. The summed E-state index contributed by atoms with van der Waals surface area (Å²) in [5, 5.41) is 3.49. The third kappa shape index (κ3) is 8.11. The van der Waals surface area contributed by atoms with Gasteiger partial charge in [0.15, 0.2) is 18.2 Å². The molecular weight excluding hydrogens is 467 g/mol. The van der Waals surface area contributed by atoms with E-state index in [0.717, 1.165) is 11.1 Å². The van der Waals surface area contributed by atoms with E-state index in [4.69, 9.17) is 16.3 Å². The van der Waals surface area contributed by atoms with Gasteiger partial charge in [-0.2, -0.15) is 0 Å². The zero-order chi connectivity index (χ0) is 25.2. The number of hydrogen-bond acceptors (Lipinski definition) is 3. The monoisotopic (exact) mass is 496 g/mol. The predicted octanol–water partition coefficient (Wildman–Crippen LogP) is 5.27. The van der Waals surface area contributed by atoms with Crippen LogP contribution in [0.15, 0.2) is 78.9 Å². The minimum absolute atomic E-state index is 0.0209. The Bertz CT molecular complexity index is 1120. The zero-order valence-corrected chi connectivity index (χ0v) is 20.7. The van der Waals surface area contributed by atoms with Gasteiger partial charge in [-0.1, -0.05) is 80.0 Å². The van der Waals surface area contributed by atoms with Crippen LogP contribution in [-0.2, 0) is 22.6 Å². The molecule has 0 aromatic heterocycles. The van der Waals surface area contributed by atoms with Crippen molar-refractivity contribution < 1.29 is 18.7 Å². The minimum atomic E-state index is -0.799. The zero-order valence-electron chi connectivity index (χ0n) is 19.9. The molecule has 1 atom stereocenters. The molecule has 1 N–H and O–H groups in total. The topological polar surface area (TPSA) is 58.6 Å². The Morgan fingerprint density at radius 1 is 0.971 bits per heavy atom. The number of hydrogen-bond donors (Lipinski definition) is 1. The molecule has 3 aromatic rings. The van der Waals surface area contributed by atoms with Crippen molar-refractivity contribution in [3.05, 3.63) is 101 Å². The molecule has 0 aliphatic carbocycles. The second-order valence-electron chi connectivity index (χ2n) is 8.72. The fraction of sp³-hybridized carbons (Fsp3) is 0.286. The van der Waals surface area contributed by atoms with Gasteiger partial charge >= 0.3 is 0 Å². The Labute approximate surface area is 210 Å². The molecule has 0 saturated carbocycles. The highest BCUT2D eigenvalue weighted by atomic mass is 35.5. The van der Waals surface area contributed by atoms with Crippen molar-refractivity contribution in [3.63, 3.8) is 0 Å². The highest BCUT2D eigenvalue weighted by Crippen LogP contribution is 2.19. The Kier molecular flexibility index (Phi) is 9.67. The first-order valence-electron chi connectivity index (χ1n) is 11.6. The number of benzene rings is 3. The molecule has 0 heterocycles. The lowest BCUT2D eigenvalue weighted by Crippen LogP contribution is -2.52. The normalized spacial score (nSPS) is 11.7. The summed E-state index contributed by atoms with van der Waals surface area (Å²) in [5.74, 6) is -1.03. The van der Waals surface area contributed by atoms with Crippen LogP contribution in [0.3, 0.4) is 0 Å². The van der Waals surface area contributed by atoms with Crippen LogP contribution in [0.4, 0.5) is 4.39 Å². The quantitative estimate of drug-likeness (QED) is 0.393. The summed E-state index contributed by atoms with van der Waals surface area (Å²) in [4.78, 5) is 28.3. The van der Waals surface area contributed by atoms with E-state index in [-0.39, 0.29) is 24.1 Å². The summed E-state index contributed by atoms with van der Waals surface area (Å²) in [6.07, 6.45) is 0.316. The van der Waals surface area contributed by atoms with Crippen LogP contribution >= 0.6 is 11.6 Å². The van der Waals surface area contributed by atoms with E-state index in [2.05, 4.69) is 5.32 Å². The summed E-state index contributed by atoms with van der Waals surface area (Å²) >= 11 is 6.17. The molecule has 0 bridgehead atoms. The molecule has 0 unspecified atom stereocenters. The van der Waals surface area contributed by atoms with Crippen LogP contribution in [0.2, 0.25) is 5.02 Å². The Hall–Kier alpha value is -3.38. The summed E-state index contributed by atoms with van der Waals surface area (Å²) in [7, 11) is 0. The van der Waals surface area contributed by atoms with Crippen molar-refractivity contribution in [2.45, 2.75) is 32.9 Å². The summed E-state index contributed by atoms with van der Waals surface area (Å²) in [6, 6.07) is 21.8. The summed E-state index contributed by atoms with van der Waals surface area (Å²) < 4.78 is 19.5. The smallest absolute Gasteiger partial charge is 0.261 e. The molecule has 0 saturated heterocycles. The van der Waals surface area contributed by atoms with Gasteiger partial charge in [0, 0.05) is 24.5 Å². The third-order valence-electron chi connectivity index (χ3n) is 5.39. The Balaban J connectivity index is 1.91. The number of carbonyl (C=O) groups is 2. The molecule has 3 rings (SSSR count). The van der Waals surface area contributed by atoms with E-state index < -0.39 is 24.4 Å². The van der Waals surface area contributed by atoms with Gasteiger partial charge in [-0.15, -0.1) is 0 Å². The van der Waals surface area contributed by atoms with Gasteiger partial charge in [0.2, 0.25) is 5.91 Å². The van der Waals surface area contributed by atoms with E-state index in [0.29, 0.717) is 18.0 Å². The van der Waals surface area contributed by atoms with Crippen LogP contribution in [0, 0.1) is 11.7 Å². The second kappa shape index (κ2) is 12.9. The fourth-order valence-corrected chi connectivity index (χ4v) is 3.81. The Morgan fingerprint density at radius 3 is 2.34 bits per heavy atom. The number of carbonyl (C=O) groups excluding carboxylic acids is 2. The Morgan fingerprint density at radius 2 is 1.66 bits per heavy atom. The van der Waals surface area contributed by atoms with Crippen molar-refractivity contribution >= 4 is 23.4 Å². The van der Waals surface area contributed by atoms with Crippen LogP contribution in [0.1, 0.15) is 25.0 Å². The standard InChI is InChI=1S/C28H30ClFN2O3/c1-20(2)17-31-28(34)25(16-21-9-4-3-5-10-21)32(18-22-11-8-12-23(29)15-22)27(33)19-35-26-14-7-6-13-24(26)30/h3-15,20,25H,16-19H2,1-2H3,(H,31,34)/t25-/m0/s1. The molecule has 0 spiro atoms. The molecule has 5 nitrogen and oxygen atoms in total. The summed E-state index contributed by atoms with van der Waals surface area (Å²) in [6.45, 7) is 4.22. The number of rotatable bonds is 11. The van der Waals surface area contributed by atoms with Crippen molar-refractivity contribution in [2.75, 3.05) is 13.2 Å². The van der Waals surface area contributed by atoms with E-state index >= 15 is 0 Å². The molecule has 0 radical (unpaired) electrons. The third-order valence-corrected chi connectivity index (χ3v) is 5.62. The number of amides is 2. The summed E-state index contributed by atoms with van der Waals surface area (Å²) in [5.41, 5.74) is 1.68. The molecule has 35 heavy (non-hydrogen) atoms. The van der Waals surface area contributed by atoms with Crippen LogP contribution in [0.25, 0.3) is 0 Å². The number of nitrogens with one attached hydrogen (secondary N) is 1. The second-order valence-corrected chi connectivity index (χ2v) is 9.15.